The van der Waals surface area contributed by atoms with Gasteiger partial charge in [0, 0.05) is 13.6 Å². The van der Waals surface area contributed by atoms with Crippen molar-refractivity contribution in [1.82, 2.24) is 14.5 Å². The monoisotopic (exact) mass is 371 g/mol. The number of likely N-dealkylation sites (N-methyl/N-ethyl adjacent to an activating group) is 1. The number of amides is 1. The maximum atomic E-state index is 12.9. The Balaban J connectivity index is 1.74. The van der Waals surface area contributed by atoms with Crippen LogP contribution in [-0.4, -0.2) is 63.3 Å². The van der Waals surface area contributed by atoms with Crippen LogP contribution in [-0.2, 0) is 14.8 Å². The molecular weight excluding hydrogens is 345 g/mol. The zero-order chi connectivity index (χ0) is 18.3. The number of halogens is 1. The zero-order valence-corrected chi connectivity index (χ0v) is 15.4. The van der Waals surface area contributed by atoms with E-state index < -0.39 is 15.8 Å². The van der Waals surface area contributed by atoms with Crippen LogP contribution in [0.4, 0.5) is 4.39 Å². The summed E-state index contributed by atoms with van der Waals surface area (Å²) < 4.78 is 38.6. The van der Waals surface area contributed by atoms with E-state index in [-0.39, 0.29) is 17.3 Å². The summed E-state index contributed by atoms with van der Waals surface area (Å²) in [6.07, 6.45) is 4.61. The Morgan fingerprint density at radius 2 is 1.84 bits per heavy atom. The molecule has 0 bridgehead atoms. The first kappa shape index (κ1) is 19.8. The number of sulfonamides is 1. The number of carbonyl (C=O) groups is 1. The molecule has 6 nitrogen and oxygen atoms in total. The third kappa shape index (κ3) is 6.05. The SMILES string of the molecule is CN(CC(=O)NCCCN1CCCCC1)S(=O)(=O)c1ccc(F)cc1. The van der Waals surface area contributed by atoms with Crippen molar-refractivity contribution < 1.29 is 17.6 Å². The number of carbonyl (C=O) groups excluding carboxylic acids is 1. The summed E-state index contributed by atoms with van der Waals surface area (Å²) >= 11 is 0. The Hall–Kier alpha value is -1.51. The topological polar surface area (TPSA) is 69.7 Å². The highest BCUT2D eigenvalue weighted by Crippen LogP contribution is 2.14. The van der Waals surface area contributed by atoms with Gasteiger partial charge in [-0.05, 0) is 63.2 Å². The third-order valence-electron chi connectivity index (χ3n) is 4.31. The molecule has 0 radical (unpaired) electrons. The highest BCUT2D eigenvalue weighted by Gasteiger charge is 2.22. The van der Waals surface area contributed by atoms with Crippen LogP contribution in [0.3, 0.4) is 0 Å². The van der Waals surface area contributed by atoms with Crippen LogP contribution in [0.25, 0.3) is 0 Å². The van der Waals surface area contributed by atoms with Crippen molar-refractivity contribution >= 4 is 15.9 Å². The first-order valence-electron chi connectivity index (χ1n) is 8.60. The molecule has 1 N–H and O–H groups in total. The van der Waals surface area contributed by atoms with E-state index in [0.29, 0.717) is 6.54 Å². The second-order valence-corrected chi connectivity index (χ2v) is 8.37. The smallest absolute Gasteiger partial charge is 0.243 e. The molecule has 1 aliphatic heterocycles. The fourth-order valence-corrected chi connectivity index (χ4v) is 3.97. The van der Waals surface area contributed by atoms with Crippen molar-refractivity contribution in [3.63, 3.8) is 0 Å². The van der Waals surface area contributed by atoms with Crippen LogP contribution < -0.4 is 5.32 Å². The van der Waals surface area contributed by atoms with Gasteiger partial charge in [0.1, 0.15) is 5.82 Å². The van der Waals surface area contributed by atoms with Gasteiger partial charge in [0.05, 0.1) is 11.4 Å². The number of hydrogen-bond acceptors (Lipinski definition) is 4. The summed E-state index contributed by atoms with van der Waals surface area (Å²) in [6.45, 7) is 3.45. The second-order valence-electron chi connectivity index (χ2n) is 6.32. The maximum Gasteiger partial charge on any atom is 0.243 e. The number of likely N-dealkylation sites (tertiary alicyclic amines) is 1. The van der Waals surface area contributed by atoms with E-state index in [9.17, 15) is 17.6 Å². The number of piperidine rings is 1. The average molecular weight is 371 g/mol. The Labute approximate surface area is 149 Å². The van der Waals surface area contributed by atoms with Crippen LogP contribution in [0.5, 0.6) is 0 Å². The standard InChI is InChI=1S/C17H26FN3O3S/c1-20(25(23,24)16-8-6-15(18)7-9-16)14-17(22)19-10-5-13-21-11-3-2-4-12-21/h6-9H,2-5,10-14H2,1H3,(H,19,22). The van der Waals surface area contributed by atoms with Gasteiger partial charge in [-0.15, -0.1) is 0 Å². The van der Waals surface area contributed by atoms with E-state index >= 15 is 0 Å². The third-order valence-corrected chi connectivity index (χ3v) is 6.13. The van der Waals surface area contributed by atoms with Crippen molar-refractivity contribution in [3.8, 4) is 0 Å². The van der Waals surface area contributed by atoms with E-state index in [0.717, 1.165) is 42.5 Å². The largest absolute Gasteiger partial charge is 0.355 e. The minimum absolute atomic E-state index is 0.0331. The molecule has 8 heteroatoms. The quantitative estimate of drug-likeness (QED) is 0.702. The minimum Gasteiger partial charge on any atom is -0.355 e. The van der Waals surface area contributed by atoms with Gasteiger partial charge in [-0.3, -0.25) is 4.79 Å². The van der Waals surface area contributed by atoms with Crippen molar-refractivity contribution in [1.29, 1.82) is 0 Å². The second kappa shape index (κ2) is 9.26. The lowest BCUT2D eigenvalue weighted by Crippen LogP contribution is -2.39. The van der Waals surface area contributed by atoms with Gasteiger partial charge >= 0.3 is 0 Å². The first-order valence-corrected chi connectivity index (χ1v) is 10.0. The molecule has 1 aromatic rings. The lowest BCUT2D eigenvalue weighted by atomic mass is 10.1. The summed E-state index contributed by atoms with van der Waals surface area (Å²) in [5, 5.41) is 2.75. The number of nitrogens with zero attached hydrogens (tertiary/aromatic N) is 2. The highest BCUT2D eigenvalue weighted by molar-refractivity contribution is 7.89. The van der Waals surface area contributed by atoms with E-state index in [1.165, 1.54) is 38.4 Å². The molecule has 0 aliphatic carbocycles. The first-order chi connectivity index (χ1) is 11.9. The van der Waals surface area contributed by atoms with Crippen molar-refractivity contribution in [2.75, 3.05) is 39.8 Å². The van der Waals surface area contributed by atoms with Gasteiger partial charge in [0.2, 0.25) is 15.9 Å². The fourth-order valence-electron chi connectivity index (χ4n) is 2.84. The van der Waals surface area contributed by atoms with Crippen molar-refractivity contribution in [2.45, 2.75) is 30.6 Å². The Bertz CT molecular complexity index is 658. The van der Waals surface area contributed by atoms with E-state index in [4.69, 9.17) is 0 Å². The molecular formula is C17H26FN3O3S. The molecule has 0 unspecified atom stereocenters. The minimum atomic E-state index is -3.80. The van der Waals surface area contributed by atoms with E-state index in [1.807, 2.05) is 0 Å². The molecule has 0 saturated carbocycles. The van der Waals surface area contributed by atoms with Gasteiger partial charge in [-0.1, -0.05) is 6.42 Å². The lowest BCUT2D eigenvalue weighted by Gasteiger charge is -2.26. The fraction of sp³-hybridized carbons (Fsp3) is 0.588. The molecule has 1 amide bonds. The lowest BCUT2D eigenvalue weighted by molar-refractivity contribution is -0.121. The molecule has 0 aromatic heterocycles. The molecule has 1 heterocycles. The Morgan fingerprint density at radius 1 is 1.20 bits per heavy atom. The molecule has 2 rings (SSSR count). The molecule has 25 heavy (non-hydrogen) atoms. The van der Waals surface area contributed by atoms with E-state index in [1.54, 1.807) is 0 Å². The van der Waals surface area contributed by atoms with E-state index in [2.05, 4.69) is 10.2 Å². The van der Waals surface area contributed by atoms with Crippen LogP contribution in [0, 0.1) is 5.82 Å². The molecule has 140 valence electrons. The van der Waals surface area contributed by atoms with Gasteiger partial charge in [-0.25, -0.2) is 12.8 Å². The number of benzene rings is 1. The van der Waals surface area contributed by atoms with Crippen LogP contribution in [0.2, 0.25) is 0 Å². The highest BCUT2D eigenvalue weighted by atomic mass is 32.2. The van der Waals surface area contributed by atoms with Gasteiger partial charge in [0.25, 0.3) is 0 Å². The van der Waals surface area contributed by atoms with Gasteiger partial charge in [0.15, 0.2) is 0 Å². The summed E-state index contributed by atoms with van der Waals surface area (Å²) in [7, 11) is -2.46. The molecule has 1 aliphatic rings. The molecule has 1 aromatic carbocycles. The summed E-state index contributed by atoms with van der Waals surface area (Å²) in [5.74, 6) is -0.847. The Morgan fingerprint density at radius 3 is 2.48 bits per heavy atom. The predicted octanol–water partition coefficient (Wildman–Crippen LogP) is 1.44. The summed E-state index contributed by atoms with van der Waals surface area (Å²) in [4.78, 5) is 14.3. The molecule has 0 spiro atoms. The van der Waals surface area contributed by atoms with Crippen molar-refractivity contribution in [2.24, 2.45) is 0 Å². The van der Waals surface area contributed by atoms with Crippen LogP contribution in [0.15, 0.2) is 29.2 Å². The molecule has 0 atom stereocenters. The van der Waals surface area contributed by atoms with Crippen molar-refractivity contribution in [3.05, 3.63) is 30.1 Å². The number of nitrogens with one attached hydrogen (secondary N) is 1. The van der Waals surface area contributed by atoms with Crippen LogP contribution >= 0.6 is 0 Å². The predicted molar refractivity (Wildman–Crippen MR) is 94.1 cm³/mol. The average Bonchev–Trinajstić information content (AvgIpc) is 2.60. The van der Waals surface area contributed by atoms with Crippen LogP contribution in [0.1, 0.15) is 25.7 Å². The number of rotatable bonds is 8. The molecule has 1 fully saturated rings. The van der Waals surface area contributed by atoms with Gasteiger partial charge < -0.3 is 10.2 Å². The molecule has 1 saturated heterocycles. The summed E-state index contributed by atoms with van der Waals surface area (Å²) in [6, 6.07) is 4.55. The van der Waals surface area contributed by atoms with Gasteiger partial charge in [-0.2, -0.15) is 4.31 Å². The number of hydrogen-bond donors (Lipinski definition) is 1. The summed E-state index contributed by atoms with van der Waals surface area (Å²) in [5.41, 5.74) is 0. The Kier molecular flexibility index (Phi) is 7.34. The normalized spacial score (nSPS) is 16.1. The maximum absolute atomic E-state index is 12.9. The zero-order valence-electron chi connectivity index (χ0n) is 14.6.